The van der Waals surface area contributed by atoms with Crippen molar-refractivity contribution in [2.24, 2.45) is 0 Å². The zero-order valence-electron chi connectivity index (χ0n) is 6.02. The minimum atomic E-state index is -0.125. The van der Waals surface area contributed by atoms with Crippen LogP contribution >= 0.6 is 0 Å². The molecule has 0 aliphatic carbocycles. The fourth-order valence-electron chi connectivity index (χ4n) is 0. The summed E-state index contributed by atoms with van der Waals surface area (Å²) in [6, 6.07) is 0. The Labute approximate surface area is 55.9 Å². The molecule has 0 aromatic rings. The Morgan fingerprint density at radius 2 is 1.33 bits per heavy atom. The van der Waals surface area contributed by atoms with Gasteiger partial charge in [0, 0.05) is 0 Å². The lowest BCUT2D eigenvalue weighted by atomic mass is 10.4. The molecule has 58 valence electrons. The van der Waals surface area contributed by atoms with E-state index in [0.29, 0.717) is 0 Å². The van der Waals surface area contributed by atoms with Crippen LogP contribution in [0.25, 0.3) is 0 Å². The first kappa shape index (κ1) is 15.8. The molecule has 0 fully saturated rings. The Balaban J connectivity index is -0.0000000720. The predicted molar refractivity (Wildman–Crippen MR) is 38.3 cm³/mol. The van der Waals surface area contributed by atoms with Crippen LogP contribution in [-0.4, -0.2) is 28.9 Å². The first-order valence-electron chi connectivity index (χ1n) is 2.49. The molecule has 0 spiro atoms. The van der Waals surface area contributed by atoms with Crippen molar-refractivity contribution in [3.63, 3.8) is 0 Å². The highest BCUT2D eigenvalue weighted by Gasteiger charge is 1.58. The summed E-state index contributed by atoms with van der Waals surface area (Å²) < 4.78 is 0. The summed E-state index contributed by atoms with van der Waals surface area (Å²) in [5.74, 6) is 0. The van der Waals surface area contributed by atoms with Crippen LogP contribution in [0, 0.1) is 0 Å². The Hall–Kier alpha value is -0.380. The van der Waals surface area contributed by atoms with Gasteiger partial charge in [0.05, 0.1) is 13.2 Å². The summed E-state index contributed by atoms with van der Waals surface area (Å²) in [5.41, 5.74) is 1.17. The van der Waals surface area contributed by atoms with E-state index in [2.05, 4.69) is 6.58 Å². The number of aliphatic hydroxyl groups is 2. The molecule has 3 heteroatoms. The highest BCUT2D eigenvalue weighted by molar-refractivity contribution is 4.78. The zero-order chi connectivity index (χ0) is 6.99. The topological polar surface area (TPSA) is 72.0 Å². The smallest absolute Gasteiger partial charge is 0.0662 e. The van der Waals surface area contributed by atoms with Gasteiger partial charge in [0.25, 0.3) is 0 Å². The molecule has 0 bridgehead atoms. The minimum Gasteiger partial charge on any atom is -0.412 e. The van der Waals surface area contributed by atoms with Crippen molar-refractivity contribution in [2.45, 2.75) is 13.8 Å². The lowest BCUT2D eigenvalue weighted by Gasteiger charge is -1.70. The summed E-state index contributed by atoms with van der Waals surface area (Å²) in [5, 5.41) is 15.2. The van der Waals surface area contributed by atoms with Gasteiger partial charge in [0.2, 0.25) is 0 Å². The monoisotopic (exact) mass is 136 g/mol. The molecule has 4 N–H and O–H groups in total. The van der Waals surface area contributed by atoms with Crippen molar-refractivity contribution in [1.82, 2.24) is 0 Å². The minimum absolute atomic E-state index is 0. The van der Waals surface area contributed by atoms with Crippen molar-refractivity contribution in [2.75, 3.05) is 13.2 Å². The van der Waals surface area contributed by atoms with E-state index in [9.17, 15) is 0 Å². The fraction of sp³-hybridized carbons (Fsp3) is 0.667. The van der Waals surface area contributed by atoms with Gasteiger partial charge in [-0.15, -0.1) is 6.58 Å². The number of hydrogen-bond acceptors (Lipinski definition) is 2. The lowest BCUT2D eigenvalue weighted by molar-refractivity contribution is 0.186. The third-order valence-corrected chi connectivity index (χ3v) is 0.1000. The maximum Gasteiger partial charge on any atom is 0.0662 e. The quantitative estimate of drug-likeness (QED) is 0.487. The van der Waals surface area contributed by atoms with E-state index in [1.165, 1.54) is 5.57 Å². The van der Waals surface area contributed by atoms with Gasteiger partial charge in [-0.3, -0.25) is 0 Å². The molecule has 0 amide bonds. The second-order valence-electron chi connectivity index (χ2n) is 1.65. The Morgan fingerprint density at radius 1 is 1.22 bits per heavy atom. The highest BCUT2D eigenvalue weighted by Crippen LogP contribution is 1.73. The molecule has 0 aliphatic heterocycles. The third-order valence-electron chi connectivity index (χ3n) is 0.1000. The van der Waals surface area contributed by atoms with Crippen LogP contribution in [0.15, 0.2) is 12.2 Å². The summed E-state index contributed by atoms with van der Waals surface area (Å²) in [7, 11) is 0. The fourth-order valence-corrected chi connectivity index (χ4v) is 0. The lowest BCUT2D eigenvalue weighted by Crippen LogP contribution is -1.85. The number of rotatable bonds is 1. The van der Waals surface area contributed by atoms with Crippen LogP contribution in [0.3, 0.4) is 0 Å². The van der Waals surface area contributed by atoms with Crippen LogP contribution < -0.4 is 0 Å². The molecule has 0 atom stereocenters. The molecule has 0 saturated heterocycles. The molecule has 0 rings (SSSR count). The third kappa shape index (κ3) is 626. The maximum atomic E-state index is 7.62. The normalized spacial score (nSPS) is 6.22. The SMILES string of the molecule is C=C(C)C.O.OCCO. The molecular formula is C6H16O3. The molecule has 9 heavy (non-hydrogen) atoms. The van der Waals surface area contributed by atoms with Crippen LogP contribution in [-0.2, 0) is 0 Å². The van der Waals surface area contributed by atoms with Gasteiger partial charge in [-0.25, -0.2) is 0 Å². The Kier molecular flexibility index (Phi) is 27.5. The second kappa shape index (κ2) is 15.6. The van der Waals surface area contributed by atoms with E-state index >= 15 is 0 Å². The van der Waals surface area contributed by atoms with Crippen molar-refractivity contribution in [1.29, 1.82) is 0 Å². The standard InChI is InChI=1S/C4H8.C2H6O2.H2O/c1-4(2)3;3-1-2-4;/h1H2,2-3H3;3-4H,1-2H2;1H2. The zero-order valence-corrected chi connectivity index (χ0v) is 6.02. The number of allylic oxidation sites excluding steroid dienone is 1. The second-order valence-corrected chi connectivity index (χ2v) is 1.65. The van der Waals surface area contributed by atoms with Gasteiger partial charge in [0.1, 0.15) is 0 Å². The van der Waals surface area contributed by atoms with Gasteiger partial charge >= 0.3 is 0 Å². The summed E-state index contributed by atoms with van der Waals surface area (Å²) in [6.07, 6.45) is 0. The molecule has 0 heterocycles. The van der Waals surface area contributed by atoms with E-state index in [1.54, 1.807) is 0 Å². The molecule has 0 aromatic carbocycles. The van der Waals surface area contributed by atoms with E-state index in [4.69, 9.17) is 10.2 Å². The van der Waals surface area contributed by atoms with Gasteiger partial charge in [-0.1, -0.05) is 5.57 Å². The average Bonchev–Trinajstić information content (AvgIpc) is 1.65. The van der Waals surface area contributed by atoms with Crippen LogP contribution in [0.2, 0.25) is 0 Å². The maximum absolute atomic E-state index is 7.62. The largest absolute Gasteiger partial charge is 0.412 e. The summed E-state index contributed by atoms with van der Waals surface area (Å²) >= 11 is 0. The number of aliphatic hydroxyl groups excluding tert-OH is 2. The first-order chi connectivity index (χ1) is 3.65. The summed E-state index contributed by atoms with van der Waals surface area (Å²) in [4.78, 5) is 0. The van der Waals surface area contributed by atoms with Crippen molar-refractivity contribution < 1.29 is 15.7 Å². The van der Waals surface area contributed by atoms with Gasteiger partial charge < -0.3 is 15.7 Å². The Bertz CT molecular complexity index is 46.3. The molecule has 0 saturated carbocycles. The van der Waals surface area contributed by atoms with E-state index in [-0.39, 0.29) is 18.7 Å². The first-order valence-corrected chi connectivity index (χ1v) is 2.49. The van der Waals surface area contributed by atoms with Gasteiger partial charge in [-0.05, 0) is 13.8 Å². The highest BCUT2D eigenvalue weighted by atomic mass is 16.3. The van der Waals surface area contributed by atoms with Crippen molar-refractivity contribution in [3.8, 4) is 0 Å². The molecule has 0 aromatic heterocycles. The molecule has 0 unspecified atom stereocenters. The van der Waals surface area contributed by atoms with Crippen LogP contribution in [0.5, 0.6) is 0 Å². The van der Waals surface area contributed by atoms with E-state index < -0.39 is 0 Å². The molecule has 0 aliphatic rings. The molecule has 3 nitrogen and oxygen atoms in total. The van der Waals surface area contributed by atoms with Crippen LogP contribution in [0.1, 0.15) is 13.8 Å². The van der Waals surface area contributed by atoms with Crippen LogP contribution in [0.4, 0.5) is 0 Å². The summed E-state index contributed by atoms with van der Waals surface area (Å²) in [6.45, 7) is 7.25. The predicted octanol–water partition coefficient (Wildman–Crippen LogP) is -0.271. The van der Waals surface area contributed by atoms with Crippen molar-refractivity contribution in [3.05, 3.63) is 12.2 Å². The Morgan fingerprint density at radius 3 is 1.33 bits per heavy atom. The molecule has 0 radical (unpaired) electrons. The van der Waals surface area contributed by atoms with Crippen molar-refractivity contribution >= 4 is 0 Å². The molecular weight excluding hydrogens is 120 g/mol. The average molecular weight is 136 g/mol. The van der Waals surface area contributed by atoms with Gasteiger partial charge in [-0.2, -0.15) is 0 Å². The van der Waals surface area contributed by atoms with E-state index in [1.807, 2.05) is 13.8 Å². The van der Waals surface area contributed by atoms with Gasteiger partial charge in [0.15, 0.2) is 0 Å². The van der Waals surface area contributed by atoms with E-state index in [0.717, 1.165) is 0 Å². The number of hydrogen-bond donors (Lipinski definition) is 2.